The van der Waals surface area contributed by atoms with Gasteiger partial charge in [-0.05, 0) is 37.5 Å². The first kappa shape index (κ1) is 15.7. The zero-order chi connectivity index (χ0) is 15.5. The lowest BCUT2D eigenvalue weighted by molar-refractivity contribution is -0.0195. The summed E-state index contributed by atoms with van der Waals surface area (Å²) in [6.45, 7) is 2.83. The lowest BCUT2D eigenvalue weighted by atomic mass is 9.85. The van der Waals surface area contributed by atoms with E-state index >= 15 is 0 Å². The van der Waals surface area contributed by atoms with Crippen LogP contribution in [0.5, 0.6) is 0 Å². The first-order valence-corrected chi connectivity index (χ1v) is 7.01. The van der Waals surface area contributed by atoms with Gasteiger partial charge in [0, 0.05) is 19.5 Å². The zero-order valence-corrected chi connectivity index (χ0v) is 11.9. The smallest absolute Gasteiger partial charge is 0.409 e. The van der Waals surface area contributed by atoms with Crippen molar-refractivity contribution in [3.8, 4) is 0 Å². The molecule has 21 heavy (non-hydrogen) atoms. The minimum atomic E-state index is -1.01. The summed E-state index contributed by atoms with van der Waals surface area (Å²) < 4.78 is 31.0. The molecule has 1 aromatic rings. The second-order valence-electron chi connectivity index (χ2n) is 5.34. The first-order chi connectivity index (χ1) is 9.93. The Bertz CT molecular complexity index is 514. The summed E-state index contributed by atoms with van der Waals surface area (Å²) in [7, 11) is 0. The van der Waals surface area contributed by atoms with E-state index in [1.54, 1.807) is 11.8 Å². The van der Waals surface area contributed by atoms with Crippen molar-refractivity contribution in [3.05, 3.63) is 35.4 Å². The number of carbonyl (C=O) groups is 1. The average Bonchev–Trinajstić information content (AvgIpc) is 2.44. The Hall–Kier alpha value is -1.69. The number of rotatable bonds is 3. The zero-order valence-electron chi connectivity index (χ0n) is 11.9. The number of amides is 1. The largest absolute Gasteiger partial charge is 0.450 e. The van der Waals surface area contributed by atoms with Crippen molar-refractivity contribution in [3.63, 3.8) is 0 Å². The fraction of sp³-hybridized carbons (Fsp3) is 0.533. The van der Waals surface area contributed by atoms with Gasteiger partial charge in [-0.2, -0.15) is 0 Å². The highest BCUT2D eigenvalue weighted by atomic mass is 19.2. The maximum absolute atomic E-state index is 13.2. The molecule has 1 N–H and O–H groups in total. The van der Waals surface area contributed by atoms with Crippen LogP contribution in [0.15, 0.2) is 18.2 Å². The van der Waals surface area contributed by atoms with Gasteiger partial charge in [0.2, 0.25) is 0 Å². The molecule has 116 valence electrons. The monoisotopic (exact) mass is 299 g/mol. The maximum Gasteiger partial charge on any atom is 0.409 e. The van der Waals surface area contributed by atoms with Gasteiger partial charge in [0.05, 0.1) is 12.2 Å². The third kappa shape index (κ3) is 3.91. The summed E-state index contributed by atoms with van der Waals surface area (Å²) in [4.78, 5) is 13.1. The molecule has 1 fully saturated rings. The number of ether oxygens (including phenoxy) is 1. The predicted octanol–water partition coefficient (Wildman–Crippen LogP) is 2.49. The molecule has 2 rings (SSSR count). The second kappa shape index (κ2) is 6.39. The standard InChI is InChI=1S/C15H19F2NO3/c1-2-21-14(19)18-7-5-15(20,6-8-18)10-11-3-4-12(16)13(17)9-11/h3-4,9,20H,2,5-8,10H2,1H3. The Kier molecular flexibility index (Phi) is 4.77. The highest BCUT2D eigenvalue weighted by Gasteiger charge is 2.34. The predicted molar refractivity (Wildman–Crippen MR) is 72.8 cm³/mol. The maximum atomic E-state index is 13.2. The van der Waals surface area contributed by atoms with E-state index in [1.807, 2.05) is 0 Å². The highest BCUT2D eigenvalue weighted by molar-refractivity contribution is 5.67. The van der Waals surface area contributed by atoms with Crippen LogP contribution in [-0.2, 0) is 11.2 Å². The number of hydrogen-bond donors (Lipinski definition) is 1. The van der Waals surface area contributed by atoms with Crippen molar-refractivity contribution in [1.82, 2.24) is 4.90 Å². The van der Waals surface area contributed by atoms with Gasteiger partial charge < -0.3 is 14.7 Å². The molecule has 0 aliphatic carbocycles. The molecule has 1 aliphatic heterocycles. The Balaban J connectivity index is 1.95. The van der Waals surface area contributed by atoms with E-state index < -0.39 is 17.2 Å². The molecule has 0 atom stereocenters. The van der Waals surface area contributed by atoms with Gasteiger partial charge >= 0.3 is 6.09 Å². The molecule has 0 radical (unpaired) electrons. The number of carbonyl (C=O) groups excluding carboxylic acids is 1. The van der Waals surface area contributed by atoms with Crippen molar-refractivity contribution in [2.24, 2.45) is 0 Å². The van der Waals surface area contributed by atoms with Crippen molar-refractivity contribution in [2.45, 2.75) is 31.8 Å². The van der Waals surface area contributed by atoms with E-state index in [0.717, 1.165) is 12.1 Å². The van der Waals surface area contributed by atoms with Crippen LogP contribution in [0.1, 0.15) is 25.3 Å². The molecule has 0 spiro atoms. The summed E-state index contributed by atoms with van der Waals surface area (Å²) >= 11 is 0. The van der Waals surface area contributed by atoms with Crippen molar-refractivity contribution in [2.75, 3.05) is 19.7 Å². The molecule has 4 nitrogen and oxygen atoms in total. The van der Waals surface area contributed by atoms with Gasteiger partial charge in [-0.3, -0.25) is 0 Å². The van der Waals surface area contributed by atoms with Crippen LogP contribution in [0, 0.1) is 11.6 Å². The van der Waals surface area contributed by atoms with Crippen LogP contribution >= 0.6 is 0 Å². The fourth-order valence-corrected chi connectivity index (χ4v) is 2.53. The Labute approximate surface area is 122 Å². The van der Waals surface area contributed by atoms with Crippen LogP contribution in [0.3, 0.4) is 0 Å². The third-order valence-electron chi connectivity index (χ3n) is 3.74. The van der Waals surface area contributed by atoms with Gasteiger partial charge in [-0.1, -0.05) is 6.07 Å². The normalized spacial score (nSPS) is 17.6. The summed E-state index contributed by atoms with van der Waals surface area (Å²) in [6, 6.07) is 3.63. The molecule has 0 unspecified atom stereocenters. The SMILES string of the molecule is CCOC(=O)N1CCC(O)(Cc2ccc(F)c(F)c2)CC1. The van der Waals surface area contributed by atoms with Crippen LogP contribution in [0.4, 0.5) is 13.6 Å². The number of piperidine rings is 1. The quantitative estimate of drug-likeness (QED) is 0.933. The Morgan fingerprint density at radius 3 is 2.57 bits per heavy atom. The fourth-order valence-electron chi connectivity index (χ4n) is 2.53. The van der Waals surface area contributed by atoms with Crippen molar-refractivity contribution >= 4 is 6.09 Å². The molecule has 6 heteroatoms. The topological polar surface area (TPSA) is 49.8 Å². The summed E-state index contributed by atoms with van der Waals surface area (Å²) in [5, 5.41) is 10.5. The number of benzene rings is 1. The van der Waals surface area contributed by atoms with E-state index in [4.69, 9.17) is 4.74 Å². The van der Waals surface area contributed by atoms with Crippen molar-refractivity contribution < 1.29 is 23.4 Å². The summed E-state index contributed by atoms with van der Waals surface area (Å²) in [6.07, 6.45) is 0.614. The molecule has 1 saturated heterocycles. The molecule has 1 heterocycles. The molecule has 0 aromatic heterocycles. The van der Waals surface area contributed by atoms with E-state index in [1.165, 1.54) is 6.07 Å². The molecular weight excluding hydrogens is 280 g/mol. The minimum Gasteiger partial charge on any atom is -0.450 e. The van der Waals surface area contributed by atoms with Crippen LogP contribution in [-0.4, -0.2) is 41.4 Å². The third-order valence-corrected chi connectivity index (χ3v) is 3.74. The molecular formula is C15H19F2NO3. The second-order valence-corrected chi connectivity index (χ2v) is 5.34. The van der Waals surface area contributed by atoms with Crippen LogP contribution in [0.2, 0.25) is 0 Å². The summed E-state index contributed by atoms with van der Waals surface area (Å²) in [5.41, 5.74) is -0.464. The van der Waals surface area contributed by atoms with E-state index in [0.29, 0.717) is 38.1 Å². The molecule has 1 amide bonds. The first-order valence-electron chi connectivity index (χ1n) is 7.01. The van der Waals surface area contributed by atoms with Gasteiger partial charge in [0.1, 0.15) is 0 Å². The van der Waals surface area contributed by atoms with E-state index in [-0.39, 0.29) is 12.5 Å². The van der Waals surface area contributed by atoms with Gasteiger partial charge in [-0.15, -0.1) is 0 Å². The molecule has 1 aromatic carbocycles. The highest BCUT2D eigenvalue weighted by Crippen LogP contribution is 2.27. The molecule has 0 saturated carbocycles. The van der Waals surface area contributed by atoms with E-state index in [2.05, 4.69) is 0 Å². The number of nitrogens with zero attached hydrogens (tertiary/aromatic N) is 1. The molecule has 1 aliphatic rings. The molecule has 0 bridgehead atoms. The number of aliphatic hydroxyl groups is 1. The minimum absolute atomic E-state index is 0.237. The van der Waals surface area contributed by atoms with Crippen molar-refractivity contribution in [1.29, 1.82) is 0 Å². The lowest BCUT2D eigenvalue weighted by Crippen LogP contribution is -2.47. The van der Waals surface area contributed by atoms with Crippen LogP contribution in [0.25, 0.3) is 0 Å². The summed E-state index contributed by atoms with van der Waals surface area (Å²) in [5.74, 6) is -1.82. The van der Waals surface area contributed by atoms with Crippen LogP contribution < -0.4 is 0 Å². The van der Waals surface area contributed by atoms with Gasteiger partial charge in [0.25, 0.3) is 0 Å². The van der Waals surface area contributed by atoms with Gasteiger partial charge in [0.15, 0.2) is 11.6 Å². The number of hydrogen-bond acceptors (Lipinski definition) is 3. The average molecular weight is 299 g/mol. The number of likely N-dealkylation sites (tertiary alicyclic amines) is 1. The lowest BCUT2D eigenvalue weighted by Gasteiger charge is -2.37. The van der Waals surface area contributed by atoms with E-state index in [9.17, 15) is 18.7 Å². The Morgan fingerprint density at radius 2 is 2.00 bits per heavy atom. The number of halogens is 2. The van der Waals surface area contributed by atoms with Gasteiger partial charge in [-0.25, -0.2) is 13.6 Å². The Morgan fingerprint density at radius 1 is 1.33 bits per heavy atom.